The number of benzene rings is 1. The Hall–Kier alpha value is -1.38. The summed E-state index contributed by atoms with van der Waals surface area (Å²) in [4.78, 5) is 3.86. The van der Waals surface area contributed by atoms with Crippen molar-refractivity contribution < 1.29 is 18.3 Å². The quantitative estimate of drug-likeness (QED) is 0.785. The standard InChI is InChI=1S/C13H12BrF2N3O2/c14-4-12-20-6-13(21-12,5-19-8-17-7-18-19)10-2-1-9(15)3-11(10)16/h1-3,7-8,12H,4-6H2/t12?,13-/m1/s1. The normalized spacial score (nSPS) is 25.4. The monoisotopic (exact) mass is 359 g/mol. The SMILES string of the molecule is Fc1ccc([C@@]2(Cn3cncn3)COC(CBr)O2)c(F)c1. The van der Waals surface area contributed by atoms with Gasteiger partial charge in [-0.2, -0.15) is 5.10 Å². The van der Waals surface area contributed by atoms with Crippen molar-refractivity contribution >= 4 is 15.9 Å². The van der Waals surface area contributed by atoms with E-state index in [-0.39, 0.29) is 18.7 Å². The Labute approximate surface area is 128 Å². The van der Waals surface area contributed by atoms with E-state index in [1.54, 1.807) is 0 Å². The number of rotatable bonds is 4. The molecule has 0 N–H and O–H groups in total. The molecule has 0 saturated carbocycles. The maximum absolute atomic E-state index is 14.2. The van der Waals surface area contributed by atoms with Gasteiger partial charge in [0.25, 0.3) is 0 Å². The molecule has 1 saturated heterocycles. The summed E-state index contributed by atoms with van der Waals surface area (Å²) in [5.74, 6) is -1.31. The first-order chi connectivity index (χ1) is 10.1. The molecular weight excluding hydrogens is 348 g/mol. The Morgan fingerprint density at radius 2 is 2.29 bits per heavy atom. The van der Waals surface area contributed by atoms with Crippen LogP contribution in [0, 0.1) is 11.6 Å². The molecule has 0 amide bonds. The van der Waals surface area contributed by atoms with Crippen LogP contribution in [0.2, 0.25) is 0 Å². The second-order valence-corrected chi connectivity index (χ2v) is 5.37. The average molecular weight is 360 g/mol. The van der Waals surface area contributed by atoms with Crippen molar-refractivity contribution in [1.82, 2.24) is 14.8 Å². The highest BCUT2D eigenvalue weighted by molar-refractivity contribution is 9.09. The lowest BCUT2D eigenvalue weighted by Crippen LogP contribution is -2.36. The van der Waals surface area contributed by atoms with Crippen LogP contribution in [0.3, 0.4) is 0 Å². The fourth-order valence-corrected chi connectivity index (χ4v) is 2.69. The van der Waals surface area contributed by atoms with Gasteiger partial charge in [-0.05, 0) is 6.07 Å². The predicted molar refractivity (Wildman–Crippen MR) is 72.7 cm³/mol. The molecule has 1 aliphatic rings. The van der Waals surface area contributed by atoms with Gasteiger partial charge in [-0.3, -0.25) is 0 Å². The summed E-state index contributed by atoms with van der Waals surface area (Å²) in [6, 6.07) is 3.41. The molecular formula is C13H12BrF2N3O2. The highest BCUT2D eigenvalue weighted by Gasteiger charge is 2.45. The zero-order chi connectivity index (χ0) is 14.9. The Balaban J connectivity index is 1.99. The van der Waals surface area contributed by atoms with Gasteiger partial charge in [-0.25, -0.2) is 18.4 Å². The smallest absolute Gasteiger partial charge is 0.168 e. The van der Waals surface area contributed by atoms with Crippen molar-refractivity contribution in [1.29, 1.82) is 0 Å². The van der Waals surface area contributed by atoms with Crippen LogP contribution in [0.4, 0.5) is 8.78 Å². The van der Waals surface area contributed by atoms with Gasteiger partial charge in [0.15, 0.2) is 6.29 Å². The van der Waals surface area contributed by atoms with Crippen LogP contribution in [-0.2, 0) is 21.6 Å². The second-order valence-electron chi connectivity index (χ2n) is 4.72. The van der Waals surface area contributed by atoms with E-state index >= 15 is 0 Å². The molecule has 2 aromatic rings. The number of nitrogens with zero attached hydrogens (tertiary/aromatic N) is 3. The third-order valence-corrected chi connectivity index (χ3v) is 3.82. The molecule has 1 aliphatic heterocycles. The second kappa shape index (κ2) is 5.78. The zero-order valence-corrected chi connectivity index (χ0v) is 12.5. The van der Waals surface area contributed by atoms with Crippen molar-refractivity contribution in [2.75, 3.05) is 11.9 Å². The molecule has 0 spiro atoms. The van der Waals surface area contributed by atoms with E-state index < -0.39 is 23.5 Å². The maximum atomic E-state index is 14.2. The Bertz CT molecular complexity index is 626. The van der Waals surface area contributed by atoms with Crippen LogP contribution in [0.15, 0.2) is 30.9 Å². The minimum atomic E-state index is -1.07. The van der Waals surface area contributed by atoms with E-state index in [1.165, 1.54) is 29.5 Å². The van der Waals surface area contributed by atoms with Gasteiger partial charge in [0.05, 0.1) is 18.5 Å². The summed E-state index contributed by atoms with van der Waals surface area (Å²) >= 11 is 3.27. The molecule has 2 heterocycles. The summed E-state index contributed by atoms with van der Waals surface area (Å²) in [7, 11) is 0. The fraction of sp³-hybridized carbons (Fsp3) is 0.385. The van der Waals surface area contributed by atoms with E-state index in [2.05, 4.69) is 26.0 Å². The van der Waals surface area contributed by atoms with E-state index in [4.69, 9.17) is 9.47 Å². The summed E-state index contributed by atoms with van der Waals surface area (Å²) < 4.78 is 40.2. The van der Waals surface area contributed by atoms with E-state index in [0.29, 0.717) is 5.33 Å². The minimum Gasteiger partial charge on any atom is -0.348 e. The molecule has 1 fully saturated rings. The molecule has 0 radical (unpaired) electrons. The number of alkyl halides is 1. The van der Waals surface area contributed by atoms with Gasteiger partial charge in [0.1, 0.15) is 29.9 Å². The van der Waals surface area contributed by atoms with Crippen molar-refractivity contribution in [2.24, 2.45) is 0 Å². The number of aromatic nitrogens is 3. The molecule has 8 heteroatoms. The first kappa shape index (κ1) is 14.6. The highest BCUT2D eigenvalue weighted by atomic mass is 79.9. The molecule has 1 aromatic heterocycles. The van der Waals surface area contributed by atoms with E-state index in [0.717, 1.165) is 6.07 Å². The third-order valence-electron chi connectivity index (χ3n) is 3.29. The van der Waals surface area contributed by atoms with Gasteiger partial charge >= 0.3 is 0 Å². The van der Waals surface area contributed by atoms with Gasteiger partial charge in [-0.1, -0.05) is 22.0 Å². The molecule has 0 aliphatic carbocycles. The van der Waals surface area contributed by atoms with Gasteiger partial charge in [0.2, 0.25) is 0 Å². The van der Waals surface area contributed by atoms with Crippen LogP contribution in [0.25, 0.3) is 0 Å². The summed E-state index contributed by atoms with van der Waals surface area (Å²) in [5, 5.41) is 4.46. The number of hydrogen-bond donors (Lipinski definition) is 0. The fourth-order valence-electron chi connectivity index (χ4n) is 2.37. The van der Waals surface area contributed by atoms with E-state index in [9.17, 15) is 8.78 Å². The van der Waals surface area contributed by atoms with Crippen LogP contribution in [0.1, 0.15) is 5.56 Å². The topological polar surface area (TPSA) is 49.2 Å². The largest absolute Gasteiger partial charge is 0.348 e. The molecule has 2 atom stereocenters. The van der Waals surface area contributed by atoms with Gasteiger partial charge < -0.3 is 9.47 Å². The van der Waals surface area contributed by atoms with Crippen LogP contribution in [0.5, 0.6) is 0 Å². The number of ether oxygens (including phenoxy) is 2. The van der Waals surface area contributed by atoms with Gasteiger partial charge in [0, 0.05) is 11.6 Å². The van der Waals surface area contributed by atoms with Crippen molar-refractivity contribution in [3.63, 3.8) is 0 Å². The first-order valence-corrected chi connectivity index (χ1v) is 7.38. The number of halogens is 3. The third kappa shape index (κ3) is 2.83. The zero-order valence-electron chi connectivity index (χ0n) is 10.9. The Kier molecular flexibility index (Phi) is 4.01. The van der Waals surface area contributed by atoms with Crippen LogP contribution >= 0.6 is 15.9 Å². The molecule has 3 rings (SSSR count). The highest BCUT2D eigenvalue weighted by Crippen LogP contribution is 2.37. The average Bonchev–Trinajstić information content (AvgIpc) is 3.09. The van der Waals surface area contributed by atoms with Crippen LogP contribution in [-0.4, -0.2) is 33.0 Å². The molecule has 1 unspecified atom stereocenters. The van der Waals surface area contributed by atoms with Crippen molar-refractivity contribution in [3.05, 3.63) is 48.1 Å². The molecule has 1 aromatic carbocycles. The van der Waals surface area contributed by atoms with E-state index in [1.807, 2.05) is 0 Å². The lowest BCUT2D eigenvalue weighted by atomic mass is 9.94. The molecule has 112 valence electrons. The summed E-state index contributed by atoms with van der Waals surface area (Å²) in [5.41, 5.74) is -0.827. The predicted octanol–water partition coefficient (Wildman–Crippen LogP) is 2.22. The van der Waals surface area contributed by atoms with Gasteiger partial charge in [-0.15, -0.1) is 0 Å². The van der Waals surface area contributed by atoms with Crippen molar-refractivity contribution in [2.45, 2.75) is 18.4 Å². The first-order valence-electron chi connectivity index (χ1n) is 6.26. The number of hydrogen-bond acceptors (Lipinski definition) is 4. The lowest BCUT2D eigenvalue weighted by Gasteiger charge is -2.28. The minimum absolute atomic E-state index is 0.145. The lowest BCUT2D eigenvalue weighted by molar-refractivity contribution is -0.0842. The summed E-state index contributed by atoms with van der Waals surface area (Å²) in [6.45, 7) is 0.366. The maximum Gasteiger partial charge on any atom is 0.168 e. The Morgan fingerprint density at radius 1 is 1.43 bits per heavy atom. The molecule has 21 heavy (non-hydrogen) atoms. The van der Waals surface area contributed by atoms with Crippen molar-refractivity contribution in [3.8, 4) is 0 Å². The Morgan fingerprint density at radius 3 is 2.90 bits per heavy atom. The summed E-state index contributed by atoms with van der Waals surface area (Å²) in [6.07, 6.45) is 2.39. The molecule has 5 nitrogen and oxygen atoms in total. The molecule has 0 bridgehead atoms. The van der Waals surface area contributed by atoms with Crippen LogP contribution < -0.4 is 0 Å².